The summed E-state index contributed by atoms with van der Waals surface area (Å²) in [5.74, 6) is -1.21. The number of fused-ring (bicyclic) bond motifs is 1. The van der Waals surface area contributed by atoms with Gasteiger partial charge in [0.15, 0.2) is 5.82 Å². The molecule has 0 amide bonds. The third-order valence-corrected chi connectivity index (χ3v) is 4.70. The molecule has 0 saturated carbocycles. The van der Waals surface area contributed by atoms with Crippen molar-refractivity contribution in [1.29, 1.82) is 0 Å². The first kappa shape index (κ1) is 18.1. The highest BCUT2D eigenvalue weighted by atomic mass is 19.1. The Morgan fingerprint density at radius 2 is 1.68 bits per heavy atom. The van der Waals surface area contributed by atoms with E-state index in [0.717, 1.165) is 28.1 Å². The molecular formula is C22H19F2N3O. The molecule has 4 rings (SSSR count). The van der Waals surface area contributed by atoms with Crippen LogP contribution in [0.2, 0.25) is 0 Å². The lowest BCUT2D eigenvalue weighted by molar-refractivity contribution is 0.114. The highest BCUT2D eigenvalue weighted by molar-refractivity contribution is 5.89. The molecule has 0 bridgehead atoms. The number of nitrogens with one attached hydrogen (secondary N) is 1. The molecule has 4 aromatic rings. The number of H-pyrrole nitrogens is 1. The van der Waals surface area contributed by atoms with Gasteiger partial charge in [-0.05, 0) is 41.0 Å². The molecule has 1 unspecified atom stereocenters. The maximum Gasteiger partial charge on any atom is 0.153 e. The van der Waals surface area contributed by atoms with E-state index in [9.17, 15) is 8.78 Å². The molecule has 1 heterocycles. The number of rotatable bonds is 6. The van der Waals surface area contributed by atoms with Crippen LogP contribution in [-0.4, -0.2) is 16.8 Å². The van der Waals surface area contributed by atoms with E-state index in [1.165, 1.54) is 12.1 Å². The predicted molar refractivity (Wildman–Crippen MR) is 105 cm³/mol. The van der Waals surface area contributed by atoms with Crippen molar-refractivity contribution in [1.82, 2.24) is 10.2 Å². The number of aromatic nitrogens is 2. The van der Waals surface area contributed by atoms with Crippen molar-refractivity contribution < 1.29 is 13.5 Å². The fourth-order valence-corrected chi connectivity index (χ4v) is 3.30. The van der Waals surface area contributed by atoms with Crippen molar-refractivity contribution >= 4 is 16.7 Å². The molecule has 28 heavy (non-hydrogen) atoms. The van der Waals surface area contributed by atoms with E-state index in [2.05, 4.69) is 10.2 Å². The van der Waals surface area contributed by atoms with Gasteiger partial charge >= 0.3 is 0 Å². The summed E-state index contributed by atoms with van der Waals surface area (Å²) in [7, 11) is 0. The van der Waals surface area contributed by atoms with Gasteiger partial charge < -0.3 is 10.5 Å². The van der Waals surface area contributed by atoms with E-state index in [-0.39, 0.29) is 12.5 Å². The Morgan fingerprint density at radius 1 is 0.929 bits per heavy atom. The number of hydrogen-bond acceptors (Lipinski definition) is 3. The van der Waals surface area contributed by atoms with Crippen LogP contribution < -0.4 is 5.73 Å². The lowest BCUT2D eigenvalue weighted by Crippen LogP contribution is -2.11. The maximum absolute atomic E-state index is 13.8. The molecule has 3 N–H and O–H groups in total. The number of hydrogen-bond donors (Lipinski definition) is 2. The molecule has 0 aliphatic heterocycles. The minimum atomic E-state index is -0.619. The number of benzene rings is 3. The molecule has 0 fully saturated rings. The van der Waals surface area contributed by atoms with Gasteiger partial charge in [0.1, 0.15) is 11.6 Å². The standard InChI is InChI=1S/C22H19F2N3O/c23-17-8-16(9-18(24)11-17)20(13-28-12-14-4-2-1-3-5-14)15-6-7-21-19(10-15)22(25)27-26-21/h1-11,20H,12-13H2,(H3,25,26,27). The normalized spacial score (nSPS) is 12.4. The van der Waals surface area contributed by atoms with Crippen molar-refractivity contribution in [2.45, 2.75) is 12.5 Å². The number of nitrogens with zero attached hydrogens (tertiary/aromatic N) is 1. The Hall–Kier alpha value is -3.25. The zero-order valence-electron chi connectivity index (χ0n) is 15.0. The quantitative estimate of drug-likeness (QED) is 0.507. The Labute approximate surface area is 161 Å². The summed E-state index contributed by atoms with van der Waals surface area (Å²) in [5.41, 5.74) is 9.10. The van der Waals surface area contributed by atoms with Gasteiger partial charge in [-0.1, -0.05) is 36.4 Å². The topological polar surface area (TPSA) is 63.9 Å². The van der Waals surface area contributed by atoms with Crippen molar-refractivity contribution in [3.05, 3.63) is 95.1 Å². The molecule has 1 aromatic heterocycles. The number of anilines is 1. The highest BCUT2D eigenvalue weighted by Gasteiger charge is 2.18. The molecule has 0 saturated heterocycles. The Balaban J connectivity index is 1.66. The van der Waals surface area contributed by atoms with Crippen LogP contribution in [0.1, 0.15) is 22.6 Å². The van der Waals surface area contributed by atoms with Crippen LogP contribution >= 0.6 is 0 Å². The van der Waals surface area contributed by atoms with Crippen LogP contribution in [0.15, 0.2) is 66.7 Å². The number of ether oxygens (including phenoxy) is 1. The van der Waals surface area contributed by atoms with Crippen LogP contribution in [-0.2, 0) is 11.3 Å². The molecule has 142 valence electrons. The zero-order chi connectivity index (χ0) is 19.5. The summed E-state index contributed by atoms with van der Waals surface area (Å²) in [5, 5.41) is 7.62. The van der Waals surface area contributed by atoms with E-state index in [4.69, 9.17) is 10.5 Å². The molecule has 6 heteroatoms. The van der Waals surface area contributed by atoms with Crippen molar-refractivity contribution in [3.63, 3.8) is 0 Å². The molecular weight excluding hydrogens is 360 g/mol. The molecule has 1 atom stereocenters. The number of nitrogens with two attached hydrogens (primary N) is 1. The molecule has 0 aliphatic carbocycles. The monoisotopic (exact) mass is 379 g/mol. The summed E-state index contributed by atoms with van der Waals surface area (Å²) >= 11 is 0. The first-order valence-corrected chi connectivity index (χ1v) is 8.91. The van der Waals surface area contributed by atoms with Crippen molar-refractivity contribution in [2.24, 2.45) is 0 Å². The van der Waals surface area contributed by atoms with Gasteiger partial charge in [0, 0.05) is 17.4 Å². The first-order valence-electron chi connectivity index (χ1n) is 8.91. The van der Waals surface area contributed by atoms with Gasteiger partial charge in [-0.3, -0.25) is 5.10 Å². The van der Waals surface area contributed by atoms with Crippen LogP contribution in [0.4, 0.5) is 14.6 Å². The van der Waals surface area contributed by atoms with E-state index in [1.54, 1.807) is 0 Å². The smallest absolute Gasteiger partial charge is 0.153 e. The highest BCUT2D eigenvalue weighted by Crippen LogP contribution is 2.30. The lowest BCUT2D eigenvalue weighted by Gasteiger charge is -2.19. The van der Waals surface area contributed by atoms with Crippen LogP contribution in [0.5, 0.6) is 0 Å². The molecule has 4 nitrogen and oxygen atoms in total. The Kier molecular flexibility index (Phi) is 5.04. The summed E-state index contributed by atoms with van der Waals surface area (Å²) in [6, 6.07) is 18.9. The van der Waals surface area contributed by atoms with Crippen LogP contribution in [0.3, 0.4) is 0 Å². The molecule has 0 radical (unpaired) electrons. The summed E-state index contributed by atoms with van der Waals surface area (Å²) in [6.45, 7) is 0.673. The van der Waals surface area contributed by atoms with Crippen molar-refractivity contribution in [3.8, 4) is 0 Å². The SMILES string of the molecule is Nc1n[nH]c2ccc(C(COCc3ccccc3)c3cc(F)cc(F)c3)cc12. The second kappa shape index (κ2) is 7.78. The lowest BCUT2D eigenvalue weighted by atomic mass is 9.91. The fourth-order valence-electron chi connectivity index (χ4n) is 3.30. The molecule has 0 aliphatic rings. The predicted octanol–water partition coefficient (Wildman–Crippen LogP) is 4.77. The summed E-state index contributed by atoms with van der Waals surface area (Å²) < 4.78 is 33.6. The van der Waals surface area contributed by atoms with Gasteiger partial charge in [-0.25, -0.2) is 8.78 Å². The Bertz CT molecular complexity index is 1080. The van der Waals surface area contributed by atoms with Gasteiger partial charge in [0.2, 0.25) is 0 Å². The maximum atomic E-state index is 13.8. The van der Waals surface area contributed by atoms with E-state index >= 15 is 0 Å². The van der Waals surface area contributed by atoms with Gasteiger partial charge in [-0.15, -0.1) is 0 Å². The fraction of sp³-hybridized carbons (Fsp3) is 0.136. The largest absolute Gasteiger partial charge is 0.382 e. The van der Waals surface area contributed by atoms with Gasteiger partial charge in [0.05, 0.1) is 18.7 Å². The van der Waals surface area contributed by atoms with Crippen LogP contribution in [0.25, 0.3) is 10.9 Å². The number of nitrogen functional groups attached to an aromatic ring is 1. The zero-order valence-corrected chi connectivity index (χ0v) is 15.0. The minimum absolute atomic E-state index is 0.265. The van der Waals surface area contributed by atoms with E-state index in [1.807, 2.05) is 48.5 Å². The minimum Gasteiger partial charge on any atom is -0.382 e. The number of halogens is 2. The van der Waals surface area contributed by atoms with Crippen molar-refractivity contribution in [2.75, 3.05) is 12.3 Å². The van der Waals surface area contributed by atoms with E-state index < -0.39 is 11.6 Å². The average molecular weight is 379 g/mol. The van der Waals surface area contributed by atoms with Gasteiger partial charge in [-0.2, -0.15) is 5.10 Å². The van der Waals surface area contributed by atoms with Gasteiger partial charge in [0.25, 0.3) is 0 Å². The summed E-state index contributed by atoms with van der Waals surface area (Å²) in [6.07, 6.45) is 0. The third-order valence-electron chi connectivity index (χ3n) is 4.70. The first-order chi connectivity index (χ1) is 13.6. The Morgan fingerprint density at radius 3 is 2.43 bits per heavy atom. The molecule has 0 spiro atoms. The second-order valence-corrected chi connectivity index (χ2v) is 6.67. The average Bonchev–Trinajstić information content (AvgIpc) is 3.06. The molecule has 3 aromatic carbocycles. The summed E-state index contributed by atoms with van der Waals surface area (Å²) in [4.78, 5) is 0. The van der Waals surface area contributed by atoms with Crippen LogP contribution in [0, 0.1) is 11.6 Å². The van der Waals surface area contributed by atoms with E-state index in [0.29, 0.717) is 18.0 Å². The second-order valence-electron chi connectivity index (χ2n) is 6.67. The number of aromatic amines is 1. The third kappa shape index (κ3) is 3.87.